The van der Waals surface area contributed by atoms with E-state index in [-0.39, 0.29) is 5.21 Å². The monoisotopic (exact) mass is 252 g/mol. The molecule has 0 saturated carbocycles. The van der Waals surface area contributed by atoms with Gasteiger partial charge in [-0.25, -0.2) is 8.42 Å². The molecule has 88 valence electrons. The summed E-state index contributed by atoms with van der Waals surface area (Å²) in [6.07, 6.45) is 3.59. The number of piperazine rings is 1. The Labute approximate surface area is 96.2 Å². The Morgan fingerprint density at radius 2 is 2.00 bits per heavy atom. The Bertz CT molecular complexity index is 320. The van der Waals surface area contributed by atoms with Crippen LogP contribution in [0, 0.1) is 0 Å². The van der Waals surface area contributed by atoms with E-state index in [1.807, 2.05) is 0 Å². The predicted molar refractivity (Wildman–Crippen MR) is 60.4 cm³/mol. The molecule has 0 N–H and O–H groups in total. The number of piperidine rings is 1. The third kappa shape index (κ3) is 2.46. The first-order valence-corrected chi connectivity index (χ1v) is 7.56. The van der Waals surface area contributed by atoms with Crippen LogP contribution in [-0.2, 0) is 10.0 Å². The number of alkyl halides is 1. The molecule has 2 saturated heterocycles. The second kappa shape index (κ2) is 4.57. The van der Waals surface area contributed by atoms with Crippen LogP contribution in [0.15, 0.2) is 0 Å². The molecule has 0 radical (unpaired) electrons. The van der Waals surface area contributed by atoms with E-state index < -0.39 is 10.0 Å². The maximum Gasteiger partial charge on any atom is 0.228 e. The summed E-state index contributed by atoms with van der Waals surface area (Å²) in [6.45, 7) is 3.22. The molecule has 6 heteroatoms. The molecule has 0 spiro atoms. The Morgan fingerprint density at radius 3 is 2.73 bits per heavy atom. The third-order valence-corrected chi connectivity index (χ3v) is 5.55. The minimum atomic E-state index is -3.20. The highest BCUT2D eigenvalue weighted by Crippen LogP contribution is 2.22. The molecule has 2 heterocycles. The molecular weight excluding hydrogens is 236 g/mol. The molecule has 2 aliphatic heterocycles. The summed E-state index contributed by atoms with van der Waals surface area (Å²) in [5.74, 6) is 0. The van der Waals surface area contributed by atoms with Crippen LogP contribution in [0.3, 0.4) is 0 Å². The van der Waals surface area contributed by atoms with Crippen molar-refractivity contribution in [3.05, 3.63) is 0 Å². The average Bonchev–Trinajstić information content (AvgIpc) is 2.28. The fourth-order valence-corrected chi connectivity index (χ4v) is 3.76. The lowest BCUT2D eigenvalue weighted by Gasteiger charge is -2.43. The van der Waals surface area contributed by atoms with Crippen molar-refractivity contribution >= 4 is 21.6 Å². The maximum atomic E-state index is 11.6. The van der Waals surface area contributed by atoms with Crippen molar-refractivity contribution in [2.75, 3.05) is 31.4 Å². The van der Waals surface area contributed by atoms with Crippen LogP contribution in [-0.4, -0.2) is 55.1 Å². The zero-order valence-corrected chi connectivity index (χ0v) is 10.3. The van der Waals surface area contributed by atoms with Crippen LogP contribution in [0.2, 0.25) is 0 Å². The summed E-state index contributed by atoms with van der Waals surface area (Å²) >= 11 is 5.46. The Morgan fingerprint density at radius 1 is 1.20 bits per heavy atom. The SMILES string of the molecule is O=S(=O)(CCl)N1CCN2CCCCC2C1. The molecule has 0 aliphatic carbocycles. The zero-order chi connectivity index (χ0) is 10.9. The first kappa shape index (κ1) is 11.6. The molecule has 2 rings (SSSR count). The van der Waals surface area contributed by atoms with Gasteiger partial charge in [-0.15, -0.1) is 11.6 Å². The molecule has 15 heavy (non-hydrogen) atoms. The molecule has 0 aromatic carbocycles. The topological polar surface area (TPSA) is 40.6 Å². The first-order chi connectivity index (χ1) is 7.13. The van der Waals surface area contributed by atoms with Gasteiger partial charge in [-0.1, -0.05) is 6.42 Å². The zero-order valence-electron chi connectivity index (χ0n) is 8.73. The molecule has 2 fully saturated rings. The number of hydrogen-bond donors (Lipinski definition) is 0. The lowest BCUT2D eigenvalue weighted by molar-refractivity contribution is 0.0854. The van der Waals surface area contributed by atoms with E-state index in [4.69, 9.17) is 11.6 Å². The maximum absolute atomic E-state index is 11.6. The summed E-state index contributed by atoms with van der Waals surface area (Å²) in [5, 5.41) is -0.292. The highest BCUT2D eigenvalue weighted by molar-refractivity contribution is 7.90. The van der Waals surface area contributed by atoms with Crippen LogP contribution in [0.4, 0.5) is 0 Å². The minimum Gasteiger partial charge on any atom is -0.298 e. The highest BCUT2D eigenvalue weighted by atomic mass is 35.5. The van der Waals surface area contributed by atoms with E-state index in [9.17, 15) is 8.42 Å². The number of halogens is 1. The molecule has 0 bridgehead atoms. The van der Waals surface area contributed by atoms with Crippen molar-refractivity contribution in [3.8, 4) is 0 Å². The highest BCUT2D eigenvalue weighted by Gasteiger charge is 2.33. The quantitative estimate of drug-likeness (QED) is 0.679. The summed E-state index contributed by atoms with van der Waals surface area (Å²) in [6, 6.07) is 0.422. The van der Waals surface area contributed by atoms with E-state index >= 15 is 0 Å². The molecule has 4 nitrogen and oxygen atoms in total. The third-order valence-electron chi connectivity index (χ3n) is 3.33. The van der Waals surface area contributed by atoms with Gasteiger partial charge in [0.1, 0.15) is 5.21 Å². The molecule has 1 atom stereocenters. The minimum absolute atomic E-state index is 0.292. The molecule has 2 aliphatic rings. The normalized spacial score (nSPS) is 30.1. The fourth-order valence-electron chi connectivity index (χ4n) is 2.45. The number of rotatable bonds is 2. The van der Waals surface area contributed by atoms with E-state index in [1.165, 1.54) is 12.8 Å². The van der Waals surface area contributed by atoms with Crippen LogP contribution in [0.5, 0.6) is 0 Å². The van der Waals surface area contributed by atoms with Gasteiger partial charge < -0.3 is 0 Å². The second-order valence-electron chi connectivity index (χ2n) is 4.26. The summed E-state index contributed by atoms with van der Waals surface area (Å²) in [5.41, 5.74) is 0. The van der Waals surface area contributed by atoms with E-state index in [0.717, 1.165) is 19.5 Å². The molecular formula is C9H17ClN2O2S. The van der Waals surface area contributed by atoms with Crippen molar-refractivity contribution in [1.29, 1.82) is 0 Å². The summed E-state index contributed by atoms with van der Waals surface area (Å²) < 4.78 is 24.8. The van der Waals surface area contributed by atoms with Crippen LogP contribution >= 0.6 is 11.6 Å². The molecule has 1 unspecified atom stereocenters. The number of fused-ring (bicyclic) bond motifs is 1. The van der Waals surface area contributed by atoms with Crippen molar-refractivity contribution in [2.24, 2.45) is 0 Å². The van der Waals surface area contributed by atoms with Gasteiger partial charge in [-0.2, -0.15) is 4.31 Å². The summed E-state index contributed by atoms with van der Waals surface area (Å²) in [7, 11) is -3.20. The van der Waals surface area contributed by atoms with Gasteiger partial charge in [0.2, 0.25) is 10.0 Å². The van der Waals surface area contributed by atoms with Gasteiger partial charge in [0.05, 0.1) is 0 Å². The van der Waals surface area contributed by atoms with Gasteiger partial charge in [-0.3, -0.25) is 4.90 Å². The predicted octanol–water partition coefficient (Wildman–Crippen LogP) is 0.683. The van der Waals surface area contributed by atoms with Gasteiger partial charge in [0.25, 0.3) is 0 Å². The van der Waals surface area contributed by atoms with Crippen LogP contribution in [0.1, 0.15) is 19.3 Å². The van der Waals surface area contributed by atoms with Gasteiger partial charge >= 0.3 is 0 Å². The van der Waals surface area contributed by atoms with Crippen molar-refractivity contribution < 1.29 is 8.42 Å². The molecule has 0 aromatic rings. The van der Waals surface area contributed by atoms with Gasteiger partial charge in [0, 0.05) is 25.7 Å². The van der Waals surface area contributed by atoms with Crippen molar-refractivity contribution in [3.63, 3.8) is 0 Å². The largest absolute Gasteiger partial charge is 0.298 e. The fraction of sp³-hybridized carbons (Fsp3) is 1.00. The second-order valence-corrected chi connectivity index (χ2v) is 6.82. The van der Waals surface area contributed by atoms with E-state index in [2.05, 4.69) is 4.90 Å². The Balaban J connectivity index is 2.02. The number of hydrogen-bond acceptors (Lipinski definition) is 3. The van der Waals surface area contributed by atoms with Gasteiger partial charge in [0.15, 0.2) is 0 Å². The number of nitrogens with zero attached hydrogens (tertiary/aromatic N) is 2. The smallest absolute Gasteiger partial charge is 0.228 e. The van der Waals surface area contributed by atoms with Crippen molar-refractivity contribution in [2.45, 2.75) is 25.3 Å². The molecule has 0 aromatic heterocycles. The average molecular weight is 253 g/mol. The Hall–Kier alpha value is 0.160. The Kier molecular flexibility index (Phi) is 3.55. The lowest BCUT2D eigenvalue weighted by atomic mass is 10.0. The molecule has 0 amide bonds. The number of sulfonamides is 1. The van der Waals surface area contributed by atoms with E-state index in [0.29, 0.717) is 19.1 Å². The van der Waals surface area contributed by atoms with Crippen LogP contribution < -0.4 is 0 Å². The van der Waals surface area contributed by atoms with Crippen molar-refractivity contribution in [1.82, 2.24) is 9.21 Å². The van der Waals surface area contributed by atoms with E-state index in [1.54, 1.807) is 4.31 Å². The standard InChI is InChI=1S/C9H17ClN2O2S/c10-8-15(13,14)12-6-5-11-4-2-1-3-9(11)7-12/h9H,1-8H2. The first-order valence-electron chi connectivity index (χ1n) is 5.41. The van der Waals surface area contributed by atoms with Crippen LogP contribution in [0.25, 0.3) is 0 Å². The lowest BCUT2D eigenvalue weighted by Crippen LogP contribution is -2.56. The van der Waals surface area contributed by atoms with Gasteiger partial charge in [-0.05, 0) is 19.4 Å². The summed E-state index contributed by atoms with van der Waals surface area (Å²) in [4.78, 5) is 2.41.